The quantitative estimate of drug-likeness (QED) is 0.581. The van der Waals surface area contributed by atoms with Crippen molar-refractivity contribution in [1.29, 1.82) is 0 Å². The molecule has 3 N–H and O–H groups in total. The number of carbonyl (C=O) groups excluding carboxylic acids is 2. The van der Waals surface area contributed by atoms with Gasteiger partial charge >= 0.3 is 0 Å². The molecule has 1 heterocycles. The highest BCUT2D eigenvalue weighted by Crippen LogP contribution is 2.25. The second-order valence-electron chi connectivity index (χ2n) is 7.53. The predicted molar refractivity (Wildman–Crippen MR) is 95.1 cm³/mol. The average molecular weight is 355 g/mol. The van der Waals surface area contributed by atoms with Gasteiger partial charge in [-0.2, -0.15) is 0 Å². The highest BCUT2D eigenvalue weighted by Gasteiger charge is 2.32. The molecule has 0 bridgehead atoms. The van der Waals surface area contributed by atoms with Crippen LogP contribution in [0.4, 0.5) is 0 Å². The molecule has 0 aromatic heterocycles. The van der Waals surface area contributed by atoms with E-state index in [1.165, 1.54) is 0 Å². The largest absolute Gasteiger partial charge is 0.394 e. The van der Waals surface area contributed by atoms with Gasteiger partial charge < -0.3 is 25.4 Å². The Hall–Kier alpha value is -1.18. The van der Waals surface area contributed by atoms with Crippen LogP contribution in [0.1, 0.15) is 44.9 Å². The number of hydrogen-bond donors (Lipinski definition) is 3. The minimum absolute atomic E-state index is 0.0167. The van der Waals surface area contributed by atoms with Crippen LogP contribution < -0.4 is 10.6 Å². The van der Waals surface area contributed by atoms with Crippen LogP contribution in [0.2, 0.25) is 0 Å². The highest BCUT2D eigenvalue weighted by atomic mass is 16.5. The number of carbonyl (C=O) groups is 2. The summed E-state index contributed by atoms with van der Waals surface area (Å²) in [7, 11) is 3.69. The van der Waals surface area contributed by atoms with Crippen LogP contribution in [0.5, 0.6) is 0 Å². The first-order valence-electron chi connectivity index (χ1n) is 9.47. The third-order valence-electron chi connectivity index (χ3n) is 5.09. The van der Waals surface area contributed by atoms with Gasteiger partial charge in [0, 0.05) is 12.5 Å². The van der Waals surface area contributed by atoms with E-state index in [-0.39, 0.29) is 42.6 Å². The molecule has 2 amide bonds. The summed E-state index contributed by atoms with van der Waals surface area (Å²) in [6.07, 6.45) is 6.31. The molecule has 7 nitrogen and oxygen atoms in total. The maximum Gasteiger partial charge on any atom is 0.234 e. The molecule has 1 aliphatic heterocycles. The van der Waals surface area contributed by atoms with E-state index < -0.39 is 0 Å². The summed E-state index contributed by atoms with van der Waals surface area (Å²) in [5.74, 6) is 0.300. The van der Waals surface area contributed by atoms with Crippen LogP contribution >= 0.6 is 0 Å². The highest BCUT2D eigenvalue weighted by molar-refractivity contribution is 5.79. The van der Waals surface area contributed by atoms with Gasteiger partial charge in [0.1, 0.15) is 6.10 Å². The molecule has 1 saturated heterocycles. The molecule has 144 valence electrons. The van der Waals surface area contributed by atoms with Crippen LogP contribution in [0.25, 0.3) is 0 Å². The summed E-state index contributed by atoms with van der Waals surface area (Å²) < 4.78 is 5.93. The lowest BCUT2D eigenvalue weighted by atomic mass is 9.97. The van der Waals surface area contributed by atoms with Crippen molar-refractivity contribution in [3.05, 3.63) is 0 Å². The monoisotopic (exact) mass is 355 g/mol. The maximum absolute atomic E-state index is 12.0. The fourth-order valence-electron chi connectivity index (χ4n) is 3.74. The number of aliphatic hydroxyl groups excluding tert-OH is 1. The SMILES string of the molecule is CN(C)CC(=O)N[C@@H]1CC[C@H](CCNC(=O)C2CCCC2)O[C@H]1CO. The van der Waals surface area contributed by atoms with Gasteiger partial charge in [0.2, 0.25) is 11.8 Å². The first-order valence-corrected chi connectivity index (χ1v) is 9.47. The van der Waals surface area contributed by atoms with Gasteiger partial charge in [0.15, 0.2) is 0 Å². The average Bonchev–Trinajstić information content (AvgIpc) is 3.09. The van der Waals surface area contributed by atoms with Crippen LogP contribution in [-0.4, -0.2) is 73.9 Å². The Kier molecular flexibility index (Phi) is 8.12. The number of hydrogen-bond acceptors (Lipinski definition) is 5. The van der Waals surface area contributed by atoms with Crippen molar-refractivity contribution in [1.82, 2.24) is 15.5 Å². The Morgan fingerprint density at radius 1 is 1.16 bits per heavy atom. The summed E-state index contributed by atoms with van der Waals surface area (Å²) in [6.45, 7) is 0.818. The summed E-state index contributed by atoms with van der Waals surface area (Å²) in [5, 5.41) is 15.5. The number of rotatable bonds is 8. The van der Waals surface area contributed by atoms with Gasteiger partial charge in [-0.3, -0.25) is 9.59 Å². The summed E-state index contributed by atoms with van der Waals surface area (Å²) in [4.78, 5) is 25.7. The lowest BCUT2D eigenvalue weighted by molar-refractivity contribution is -0.130. The topological polar surface area (TPSA) is 90.9 Å². The molecule has 0 radical (unpaired) electrons. The lowest BCUT2D eigenvalue weighted by Crippen LogP contribution is -2.52. The molecule has 1 saturated carbocycles. The van der Waals surface area contributed by atoms with E-state index in [0.29, 0.717) is 13.1 Å². The van der Waals surface area contributed by atoms with Crippen LogP contribution in [0.3, 0.4) is 0 Å². The van der Waals surface area contributed by atoms with Gasteiger partial charge in [-0.1, -0.05) is 12.8 Å². The Morgan fingerprint density at radius 2 is 1.88 bits per heavy atom. The van der Waals surface area contributed by atoms with E-state index >= 15 is 0 Å². The molecule has 0 spiro atoms. The van der Waals surface area contributed by atoms with Gasteiger partial charge in [0.05, 0.1) is 25.3 Å². The fraction of sp³-hybridized carbons (Fsp3) is 0.889. The minimum atomic E-state index is -0.379. The molecule has 0 unspecified atom stereocenters. The molecule has 25 heavy (non-hydrogen) atoms. The Morgan fingerprint density at radius 3 is 2.52 bits per heavy atom. The van der Waals surface area contributed by atoms with Crippen molar-refractivity contribution in [3.8, 4) is 0 Å². The van der Waals surface area contributed by atoms with E-state index in [9.17, 15) is 14.7 Å². The van der Waals surface area contributed by atoms with Crippen molar-refractivity contribution in [3.63, 3.8) is 0 Å². The fourth-order valence-corrected chi connectivity index (χ4v) is 3.74. The molecule has 0 aromatic rings. The van der Waals surface area contributed by atoms with Gasteiger partial charge in [-0.05, 0) is 46.2 Å². The number of likely N-dealkylation sites (N-methyl/N-ethyl adjacent to an activating group) is 1. The lowest BCUT2D eigenvalue weighted by Gasteiger charge is -2.36. The molecular formula is C18H33N3O4. The normalized spacial score (nSPS) is 27.4. The number of amides is 2. The summed E-state index contributed by atoms with van der Waals surface area (Å²) in [6, 6.07) is -0.151. The molecule has 0 aromatic carbocycles. The molecule has 2 aliphatic rings. The predicted octanol–water partition coefficient (Wildman–Crippen LogP) is 0.269. The minimum Gasteiger partial charge on any atom is -0.394 e. The Bertz CT molecular complexity index is 438. The third-order valence-corrected chi connectivity index (χ3v) is 5.09. The molecule has 1 aliphatic carbocycles. The number of ether oxygens (including phenoxy) is 1. The van der Waals surface area contributed by atoms with Crippen molar-refractivity contribution < 1.29 is 19.4 Å². The first-order chi connectivity index (χ1) is 12.0. The van der Waals surface area contributed by atoms with Crippen LogP contribution in [-0.2, 0) is 14.3 Å². The molecule has 2 rings (SSSR count). The standard InChI is InChI=1S/C18H33N3O4/c1-21(2)11-17(23)20-15-8-7-14(25-16(15)12-22)9-10-19-18(24)13-5-3-4-6-13/h13-16,22H,3-12H2,1-2H3,(H,19,24)(H,20,23)/t14-,15-,16+/m1/s1. The summed E-state index contributed by atoms with van der Waals surface area (Å²) >= 11 is 0. The zero-order valence-corrected chi connectivity index (χ0v) is 15.5. The zero-order chi connectivity index (χ0) is 18.2. The maximum atomic E-state index is 12.0. The zero-order valence-electron chi connectivity index (χ0n) is 15.5. The number of aliphatic hydroxyl groups is 1. The van der Waals surface area contributed by atoms with Gasteiger partial charge in [0.25, 0.3) is 0 Å². The van der Waals surface area contributed by atoms with Crippen LogP contribution in [0, 0.1) is 5.92 Å². The molecule has 3 atom stereocenters. The van der Waals surface area contributed by atoms with Gasteiger partial charge in [-0.25, -0.2) is 0 Å². The van der Waals surface area contributed by atoms with Crippen LogP contribution in [0.15, 0.2) is 0 Å². The van der Waals surface area contributed by atoms with E-state index in [0.717, 1.165) is 44.9 Å². The smallest absolute Gasteiger partial charge is 0.234 e. The molecule has 2 fully saturated rings. The Labute approximate surface area is 150 Å². The Balaban J connectivity index is 1.69. The van der Waals surface area contributed by atoms with Gasteiger partial charge in [-0.15, -0.1) is 0 Å². The summed E-state index contributed by atoms with van der Waals surface area (Å²) in [5.41, 5.74) is 0. The van der Waals surface area contributed by atoms with E-state index in [1.54, 1.807) is 0 Å². The number of nitrogens with one attached hydrogen (secondary N) is 2. The molecular weight excluding hydrogens is 322 g/mol. The molecule has 7 heteroatoms. The second-order valence-corrected chi connectivity index (χ2v) is 7.53. The van der Waals surface area contributed by atoms with Crippen molar-refractivity contribution >= 4 is 11.8 Å². The van der Waals surface area contributed by atoms with Crippen molar-refractivity contribution in [2.24, 2.45) is 5.92 Å². The van der Waals surface area contributed by atoms with E-state index in [1.807, 2.05) is 19.0 Å². The van der Waals surface area contributed by atoms with Crippen molar-refractivity contribution in [2.45, 2.75) is 63.2 Å². The van der Waals surface area contributed by atoms with E-state index in [2.05, 4.69) is 10.6 Å². The number of nitrogens with zero attached hydrogens (tertiary/aromatic N) is 1. The van der Waals surface area contributed by atoms with Crippen molar-refractivity contribution in [2.75, 3.05) is 33.8 Å². The first kappa shape index (κ1) is 20.1. The van der Waals surface area contributed by atoms with E-state index in [4.69, 9.17) is 4.74 Å². The third kappa shape index (κ3) is 6.56. The second kappa shape index (κ2) is 10.1.